The summed E-state index contributed by atoms with van der Waals surface area (Å²) in [5.41, 5.74) is 2.86. The Labute approximate surface area is 342 Å². The maximum Gasteiger partial charge on any atom is 0.305 e. The van der Waals surface area contributed by atoms with Gasteiger partial charge in [0.05, 0.1) is 39.6 Å². The van der Waals surface area contributed by atoms with Crippen molar-refractivity contribution in [1.82, 2.24) is 5.32 Å². The lowest BCUT2D eigenvalue weighted by Gasteiger charge is -2.49. The molecule has 0 spiro atoms. The molecule has 0 aromatic heterocycles. The Kier molecular flexibility index (Phi) is 19.0. The number of hydrogen-bond donors (Lipinski definition) is 3. The van der Waals surface area contributed by atoms with Crippen LogP contribution < -0.4 is 5.32 Å². The summed E-state index contributed by atoms with van der Waals surface area (Å²) in [6.45, 7) is 3.79. The second-order valence-electron chi connectivity index (χ2n) is 14.9. The summed E-state index contributed by atoms with van der Waals surface area (Å²) in [4.78, 5) is 24.0. The number of amides is 1. The van der Waals surface area contributed by atoms with Crippen LogP contribution in [0, 0.1) is 0 Å². The molecule has 0 radical (unpaired) electrons. The molecule has 3 aromatic carbocycles. The molecule has 13 nitrogen and oxygen atoms in total. The fraction of sp³-hybridized carbons (Fsp3) is 0.556. The fourth-order valence-electron chi connectivity index (χ4n) is 7.27. The standard InChI is InChI=1S/C45H61NO12/c1-31-40(53-28-33-19-11-8-12-20-33)42(54-29-34-21-13-9-14-22-34)43(55-30-35-23-15-10-16-24-35)45(56-31)58-41-38(46-32(2)48)44(57-36(27-47)39(41)50)52-26-18-7-5-4-6-17-25-37(49)51-3/h8-16,19-24,31,36,38-45,47,50H,4-7,17-18,25-30H2,1-3H3,(H,46,48)/t31-,36+,38+,39+,40+,41+,42+,43-,44+,45?/m0/s1. The van der Waals surface area contributed by atoms with Crippen LogP contribution in [0.15, 0.2) is 91.0 Å². The summed E-state index contributed by atoms with van der Waals surface area (Å²) in [7, 11) is 1.40. The molecule has 2 aliphatic heterocycles. The highest BCUT2D eigenvalue weighted by Crippen LogP contribution is 2.34. The Morgan fingerprint density at radius 1 is 0.655 bits per heavy atom. The van der Waals surface area contributed by atoms with E-state index in [-0.39, 0.29) is 25.1 Å². The van der Waals surface area contributed by atoms with Crippen molar-refractivity contribution in [1.29, 1.82) is 0 Å². The molecular weight excluding hydrogens is 746 g/mol. The van der Waals surface area contributed by atoms with Gasteiger partial charge in [0.15, 0.2) is 12.6 Å². The van der Waals surface area contributed by atoms with Crippen LogP contribution in [0.2, 0.25) is 0 Å². The molecule has 1 unspecified atom stereocenters. The predicted molar refractivity (Wildman–Crippen MR) is 214 cm³/mol. The quantitative estimate of drug-likeness (QED) is 0.0832. The normalized spacial score (nSPS) is 27.2. The molecule has 0 saturated carbocycles. The van der Waals surface area contributed by atoms with Gasteiger partial charge in [0, 0.05) is 20.0 Å². The third-order valence-electron chi connectivity index (χ3n) is 10.4. The molecule has 5 rings (SSSR count). The minimum atomic E-state index is -1.38. The number of aliphatic hydroxyl groups excluding tert-OH is 2. The minimum Gasteiger partial charge on any atom is -0.469 e. The molecule has 2 heterocycles. The molecule has 58 heavy (non-hydrogen) atoms. The van der Waals surface area contributed by atoms with E-state index in [9.17, 15) is 19.8 Å². The Hall–Kier alpha value is -3.76. The summed E-state index contributed by atoms with van der Waals surface area (Å²) in [6, 6.07) is 28.4. The maximum atomic E-state index is 12.7. The molecule has 2 saturated heterocycles. The van der Waals surface area contributed by atoms with Crippen molar-refractivity contribution in [2.24, 2.45) is 0 Å². The zero-order valence-corrected chi connectivity index (χ0v) is 33.9. The molecular formula is C45H61NO12. The summed E-state index contributed by atoms with van der Waals surface area (Å²) in [6.07, 6.45) is -2.87. The molecule has 2 aliphatic rings. The summed E-state index contributed by atoms with van der Waals surface area (Å²) >= 11 is 0. The number of benzene rings is 3. The first-order chi connectivity index (χ1) is 28.3. The van der Waals surface area contributed by atoms with Crippen molar-refractivity contribution in [3.63, 3.8) is 0 Å². The van der Waals surface area contributed by atoms with E-state index in [0.717, 1.165) is 48.8 Å². The highest BCUT2D eigenvalue weighted by Gasteiger charge is 2.53. The summed E-state index contributed by atoms with van der Waals surface area (Å²) in [5, 5.41) is 24.9. The van der Waals surface area contributed by atoms with Crippen LogP contribution in [0.4, 0.5) is 0 Å². The van der Waals surface area contributed by atoms with Crippen LogP contribution in [-0.2, 0) is 67.3 Å². The Morgan fingerprint density at radius 2 is 1.17 bits per heavy atom. The first-order valence-electron chi connectivity index (χ1n) is 20.4. The van der Waals surface area contributed by atoms with Gasteiger partial charge < -0.3 is 53.4 Å². The van der Waals surface area contributed by atoms with E-state index in [1.165, 1.54) is 14.0 Å². The molecule has 13 heteroatoms. The van der Waals surface area contributed by atoms with Gasteiger partial charge in [0.1, 0.15) is 42.7 Å². The van der Waals surface area contributed by atoms with Crippen molar-refractivity contribution < 1.29 is 57.7 Å². The molecule has 1 amide bonds. The monoisotopic (exact) mass is 807 g/mol. The predicted octanol–water partition coefficient (Wildman–Crippen LogP) is 5.38. The van der Waals surface area contributed by atoms with Crippen molar-refractivity contribution >= 4 is 11.9 Å². The van der Waals surface area contributed by atoms with Crippen LogP contribution >= 0.6 is 0 Å². The fourth-order valence-corrected chi connectivity index (χ4v) is 7.27. The first-order valence-corrected chi connectivity index (χ1v) is 20.4. The second-order valence-corrected chi connectivity index (χ2v) is 14.9. The molecule has 0 aliphatic carbocycles. The Morgan fingerprint density at radius 3 is 1.71 bits per heavy atom. The minimum absolute atomic E-state index is 0.196. The average molecular weight is 808 g/mol. The lowest BCUT2D eigenvalue weighted by atomic mass is 9.95. The van der Waals surface area contributed by atoms with Crippen molar-refractivity contribution in [3.8, 4) is 0 Å². The van der Waals surface area contributed by atoms with E-state index in [1.54, 1.807) is 0 Å². The molecule has 3 aromatic rings. The highest BCUT2D eigenvalue weighted by molar-refractivity contribution is 5.73. The van der Waals surface area contributed by atoms with Crippen LogP contribution in [0.5, 0.6) is 0 Å². The highest BCUT2D eigenvalue weighted by atomic mass is 16.7. The van der Waals surface area contributed by atoms with E-state index >= 15 is 0 Å². The second kappa shape index (κ2) is 24.4. The number of carbonyl (C=O) groups excluding carboxylic acids is 2. The van der Waals surface area contributed by atoms with Crippen molar-refractivity contribution in [3.05, 3.63) is 108 Å². The summed E-state index contributed by atoms with van der Waals surface area (Å²) in [5.74, 6) is -0.582. The average Bonchev–Trinajstić information content (AvgIpc) is 3.24. The SMILES string of the molecule is COC(=O)CCCCCCCCO[C@@H]1O[C@H](CO)[C@@H](O)[C@H](OC2O[C@@H](C)[C@@H](OCc3ccccc3)[C@@H](OCc3ccccc3)[C@@H]2OCc2ccccc2)[C@H]1NC(C)=O. The molecule has 2 fully saturated rings. The lowest BCUT2D eigenvalue weighted by molar-refractivity contribution is -0.354. The molecule has 10 atom stereocenters. The maximum absolute atomic E-state index is 12.7. The third kappa shape index (κ3) is 13.9. The van der Waals surface area contributed by atoms with Crippen LogP contribution in [0.25, 0.3) is 0 Å². The number of methoxy groups -OCH3 is 1. The van der Waals surface area contributed by atoms with Crippen LogP contribution in [-0.4, -0.2) is 104 Å². The van der Waals surface area contributed by atoms with Crippen LogP contribution in [0.1, 0.15) is 75.5 Å². The van der Waals surface area contributed by atoms with Gasteiger partial charge in [-0.15, -0.1) is 0 Å². The van der Waals surface area contributed by atoms with Crippen molar-refractivity contribution in [2.45, 2.75) is 140 Å². The van der Waals surface area contributed by atoms with Gasteiger partial charge in [0.2, 0.25) is 5.91 Å². The topological polar surface area (TPSA) is 160 Å². The third-order valence-corrected chi connectivity index (χ3v) is 10.4. The number of ether oxygens (including phenoxy) is 8. The lowest BCUT2D eigenvalue weighted by Crippen LogP contribution is -2.68. The number of unbranched alkanes of at least 4 members (excludes halogenated alkanes) is 5. The van der Waals surface area contributed by atoms with Gasteiger partial charge in [-0.25, -0.2) is 0 Å². The zero-order valence-electron chi connectivity index (χ0n) is 33.9. The van der Waals surface area contributed by atoms with E-state index < -0.39 is 68.0 Å². The number of carbonyl (C=O) groups is 2. The van der Waals surface area contributed by atoms with Crippen molar-refractivity contribution in [2.75, 3.05) is 20.3 Å². The zero-order chi connectivity index (χ0) is 41.1. The molecule has 3 N–H and O–H groups in total. The van der Waals surface area contributed by atoms with Crippen LogP contribution in [0.3, 0.4) is 0 Å². The number of aliphatic hydroxyl groups is 2. The largest absolute Gasteiger partial charge is 0.469 e. The van der Waals surface area contributed by atoms with E-state index in [2.05, 4.69) is 5.32 Å². The van der Waals surface area contributed by atoms with E-state index in [4.69, 9.17) is 37.9 Å². The van der Waals surface area contributed by atoms with Gasteiger partial charge in [-0.05, 0) is 36.5 Å². The number of nitrogens with one attached hydrogen (secondary N) is 1. The number of hydrogen-bond acceptors (Lipinski definition) is 12. The number of esters is 1. The number of rotatable bonds is 23. The van der Waals surface area contributed by atoms with Gasteiger partial charge in [-0.1, -0.05) is 117 Å². The van der Waals surface area contributed by atoms with E-state index in [1.807, 2.05) is 97.9 Å². The molecule has 318 valence electrons. The smallest absolute Gasteiger partial charge is 0.305 e. The first kappa shape index (κ1) is 45.3. The van der Waals surface area contributed by atoms with Gasteiger partial charge >= 0.3 is 5.97 Å². The van der Waals surface area contributed by atoms with E-state index in [0.29, 0.717) is 26.1 Å². The van der Waals surface area contributed by atoms with Gasteiger partial charge in [0.25, 0.3) is 0 Å². The Balaban J connectivity index is 1.36. The Bertz CT molecular complexity index is 1600. The van der Waals surface area contributed by atoms with Gasteiger partial charge in [-0.3, -0.25) is 9.59 Å². The van der Waals surface area contributed by atoms with Gasteiger partial charge in [-0.2, -0.15) is 0 Å². The molecule has 0 bridgehead atoms. The summed E-state index contributed by atoms with van der Waals surface area (Å²) < 4.78 is 50.3.